The maximum atomic E-state index is 13.1. The zero-order valence-electron chi connectivity index (χ0n) is 18.9. The lowest BCUT2D eigenvalue weighted by atomic mass is 10.0. The highest BCUT2D eigenvalue weighted by molar-refractivity contribution is 7.91. The Kier molecular flexibility index (Phi) is 7.49. The van der Waals surface area contributed by atoms with E-state index in [1.54, 1.807) is 30.6 Å². The van der Waals surface area contributed by atoms with Crippen molar-refractivity contribution in [1.29, 1.82) is 0 Å². The Hall–Kier alpha value is -2.65. The second kappa shape index (κ2) is 10.5. The SMILES string of the molecule is CCOc1cc(C(=O)N[C@@H]2CS(=O)(=O)C[C@H]2N2CCCCC2)ccc1OCc1cccnc1. The fourth-order valence-corrected chi connectivity index (χ4v) is 6.46. The minimum Gasteiger partial charge on any atom is -0.490 e. The number of rotatable bonds is 8. The number of sulfone groups is 1. The van der Waals surface area contributed by atoms with Gasteiger partial charge in [0.2, 0.25) is 0 Å². The van der Waals surface area contributed by atoms with Crippen LogP contribution in [0.2, 0.25) is 0 Å². The van der Waals surface area contributed by atoms with Crippen LogP contribution in [0.15, 0.2) is 42.7 Å². The Balaban J connectivity index is 1.47. The lowest BCUT2D eigenvalue weighted by Gasteiger charge is -2.35. The summed E-state index contributed by atoms with van der Waals surface area (Å²) in [6.45, 7) is 4.38. The van der Waals surface area contributed by atoms with Gasteiger partial charge in [-0.05, 0) is 57.1 Å². The number of hydrogen-bond donors (Lipinski definition) is 1. The molecule has 3 heterocycles. The number of carbonyl (C=O) groups excluding carboxylic acids is 1. The second-order valence-electron chi connectivity index (χ2n) is 8.57. The zero-order valence-corrected chi connectivity index (χ0v) is 19.7. The quantitative estimate of drug-likeness (QED) is 0.629. The maximum absolute atomic E-state index is 13.1. The number of aromatic nitrogens is 1. The highest BCUT2D eigenvalue weighted by Gasteiger charge is 2.42. The molecule has 0 spiro atoms. The van der Waals surface area contributed by atoms with Gasteiger partial charge in [-0.2, -0.15) is 0 Å². The highest BCUT2D eigenvalue weighted by atomic mass is 32.2. The molecule has 2 saturated heterocycles. The fourth-order valence-electron chi connectivity index (χ4n) is 4.51. The number of hydrogen-bond acceptors (Lipinski definition) is 7. The molecule has 2 fully saturated rings. The van der Waals surface area contributed by atoms with E-state index < -0.39 is 15.9 Å². The molecular formula is C24H31N3O5S. The highest BCUT2D eigenvalue weighted by Crippen LogP contribution is 2.30. The Bertz CT molecular complexity index is 1060. The molecule has 9 heteroatoms. The van der Waals surface area contributed by atoms with Gasteiger partial charge in [0.25, 0.3) is 5.91 Å². The lowest BCUT2D eigenvalue weighted by molar-refractivity contribution is 0.0899. The predicted molar refractivity (Wildman–Crippen MR) is 125 cm³/mol. The third-order valence-electron chi connectivity index (χ3n) is 6.12. The summed E-state index contributed by atoms with van der Waals surface area (Å²) < 4.78 is 36.3. The molecule has 2 aliphatic rings. The molecule has 2 aromatic rings. The van der Waals surface area contributed by atoms with Crippen LogP contribution in [0.4, 0.5) is 0 Å². The van der Waals surface area contributed by atoms with E-state index in [4.69, 9.17) is 9.47 Å². The first-order valence-corrected chi connectivity index (χ1v) is 13.3. The minimum absolute atomic E-state index is 0.0233. The standard InChI is InChI=1S/C24H31N3O5S/c1-2-31-23-13-19(8-9-22(23)32-15-18-7-6-10-25-14-18)24(28)26-20-16-33(29,30)17-21(20)27-11-4-3-5-12-27/h6-10,13-14,20-21H,2-5,11-12,15-17H2,1H3,(H,26,28)/t20-,21-/m1/s1. The Morgan fingerprint density at radius 2 is 1.94 bits per heavy atom. The van der Waals surface area contributed by atoms with Gasteiger partial charge in [0.05, 0.1) is 24.2 Å². The number of ether oxygens (including phenoxy) is 2. The Labute approximate surface area is 195 Å². The summed E-state index contributed by atoms with van der Waals surface area (Å²) in [6.07, 6.45) is 6.73. The van der Waals surface area contributed by atoms with Crippen LogP contribution in [0.1, 0.15) is 42.1 Å². The number of nitrogens with zero attached hydrogens (tertiary/aromatic N) is 2. The number of piperidine rings is 1. The largest absolute Gasteiger partial charge is 0.490 e. The number of likely N-dealkylation sites (tertiary alicyclic amines) is 1. The Morgan fingerprint density at radius 1 is 1.12 bits per heavy atom. The van der Waals surface area contributed by atoms with E-state index in [2.05, 4.69) is 15.2 Å². The van der Waals surface area contributed by atoms with Gasteiger partial charge in [-0.3, -0.25) is 14.7 Å². The van der Waals surface area contributed by atoms with E-state index >= 15 is 0 Å². The van der Waals surface area contributed by atoms with E-state index in [-0.39, 0.29) is 23.5 Å². The Morgan fingerprint density at radius 3 is 2.67 bits per heavy atom. The van der Waals surface area contributed by atoms with Gasteiger partial charge in [-0.1, -0.05) is 12.5 Å². The monoisotopic (exact) mass is 473 g/mol. The van der Waals surface area contributed by atoms with Crippen LogP contribution >= 0.6 is 0 Å². The number of carbonyl (C=O) groups is 1. The minimum atomic E-state index is -3.19. The van der Waals surface area contributed by atoms with Gasteiger partial charge < -0.3 is 14.8 Å². The average molecular weight is 474 g/mol. The van der Waals surface area contributed by atoms with Crippen molar-refractivity contribution in [2.24, 2.45) is 0 Å². The van der Waals surface area contributed by atoms with E-state index in [0.29, 0.717) is 30.3 Å². The summed E-state index contributed by atoms with van der Waals surface area (Å²) in [5, 5.41) is 2.98. The van der Waals surface area contributed by atoms with Gasteiger partial charge >= 0.3 is 0 Å². The molecule has 0 radical (unpaired) electrons. The van der Waals surface area contributed by atoms with Crippen molar-refractivity contribution >= 4 is 15.7 Å². The van der Waals surface area contributed by atoms with Gasteiger partial charge in [0.1, 0.15) is 6.61 Å². The molecule has 4 rings (SSSR count). The van der Waals surface area contributed by atoms with Gasteiger partial charge in [-0.15, -0.1) is 0 Å². The molecule has 0 saturated carbocycles. The smallest absolute Gasteiger partial charge is 0.251 e. The predicted octanol–water partition coefficient (Wildman–Crippen LogP) is 2.44. The normalized spacial score (nSPS) is 22.6. The van der Waals surface area contributed by atoms with Crippen LogP contribution in [0.25, 0.3) is 0 Å². The van der Waals surface area contributed by atoms with Crippen molar-refractivity contribution in [2.45, 2.75) is 44.9 Å². The molecule has 0 unspecified atom stereocenters. The van der Waals surface area contributed by atoms with Crippen molar-refractivity contribution in [3.8, 4) is 11.5 Å². The molecule has 1 aromatic carbocycles. The zero-order chi connectivity index (χ0) is 23.3. The van der Waals surface area contributed by atoms with Crippen LogP contribution < -0.4 is 14.8 Å². The lowest BCUT2D eigenvalue weighted by Crippen LogP contribution is -2.52. The molecule has 1 amide bonds. The molecule has 178 valence electrons. The molecule has 1 aromatic heterocycles. The molecule has 8 nitrogen and oxygen atoms in total. The molecule has 2 atom stereocenters. The summed E-state index contributed by atoms with van der Waals surface area (Å²) >= 11 is 0. The van der Waals surface area contributed by atoms with Crippen LogP contribution in [-0.4, -0.2) is 67.5 Å². The fraction of sp³-hybridized carbons (Fsp3) is 0.500. The number of amides is 1. The van der Waals surface area contributed by atoms with Crippen molar-refractivity contribution in [1.82, 2.24) is 15.2 Å². The van der Waals surface area contributed by atoms with Crippen LogP contribution in [-0.2, 0) is 16.4 Å². The molecule has 2 aliphatic heterocycles. The van der Waals surface area contributed by atoms with Crippen molar-refractivity contribution < 1.29 is 22.7 Å². The number of nitrogens with one attached hydrogen (secondary N) is 1. The first-order valence-electron chi connectivity index (χ1n) is 11.5. The van der Waals surface area contributed by atoms with Crippen molar-refractivity contribution in [2.75, 3.05) is 31.2 Å². The van der Waals surface area contributed by atoms with Gasteiger partial charge in [0, 0.05) is 29.6 Å². The summed E-state index contributed by atoms with van der Waals surface area (Å²) in [6, 6.07) is 8.21. The van der Waals surface area contributed by atoms with Crippen LogP contribution in [0.3, 0.4) is 0 Å². The van der Waals surface area contributed by atoms with Gasteiger partial charge in [-0.25, -0.2) is 8.42 Å². The molecule has 0 aliphatic carbocycles. The third kappa shape index (κ3) is 6.03. The maximum Gasteiger partial charge on any atom is 0.251 e. The van der Waals surface area contributed by atoms with Gasteiger partial charge in [0.15, 0.2) is 21.3 Å². The number of pyridine rings is 1. The summed E-state index contributed by atoms with van der Waals surface area (Å²) in [4.78, 5) is 19.4. The topological polar surface area (TPSA) is 97.8 Å². The summed E-state index contributed by atoms with van der Waals surface area (Å²) in [7, 11) is -3.19. The van der Waals surface area contributed by atoms with Crippen molar-refractivity contribution in [3.63, 3.8) is 0 Å². The number of benzene rings is 1. The van der Waals surface area contributed by atoms with Crippen LogP contribution in [0.5, 0.6) is 11.5 Å². The molecule has 33 heavy (non-hydrogen) atoms. The van der Waals surface area contributed by atoms with E-state index in [0.717, 1.165) is 31.5 Å². The van der Waals surface area contributed by atoms with Crippen LogP contribution in [0, 0.1) is 0 Å². The van der Waals surface area contributed by atoms with Crippen molar-refractivity contribution in [3.05, 3.63) is 53.9 Å². The first-order chi connectivity index (χ1) is 15.9. The first kappa shape index (κ1) is 23.5. The molecular weight excluding hydrogens is 442 g/mol. The molecule has 0 bridgehead atoms. The van der Waals surface area contributed by atoms with E-state index in [9.17, 15) is 13.2 Å². The third-order valence-corrected chi connectivity index (χ3v) is 7.84. The summed E-state index contributed by atoms with van der Waals surface area (Å²) in [5.74, 6) is 0.778. The van der Waals surface area contributed by atoms with E-state index in [1.165, 1.54) is 6.42 Å². The average Bonchev–Trinajstić information content (AvgIpc) is 3.13. The van der Waals surface area contributed by atoms with E-state index in [1.807, 2.05) is 19.1 Å². The molecule has 1 N–H and O–H groups in total. The second-order valence-corrected chi connectivity index (χ2v) is 10.7. The summed E-state index contributed by atoms with van der Waals surface area (Å²) in [5.41, 5.74) is 1.34.